The summed E-state index contributed by atoms with van der Waals surface area (Å²) in [5, 5.41) is 3.02. The number of hydrogen-bond donors (Lipinski definition) is 1. The van der Waals surface area contributed by atoms with Crippen molar-refractivity contribution < 1.29 is 19.1 Å². The van der Waals surface area contributed by atoms with E-state index in [1.807, 2.05) is 61.9 Å². The van der Waals surface area contributed by atoms with Gasteiger partial charge in [0.05, 0.1) is 6.54 Å². The largest absolute Gasteiger partial charge is 0.488 e. The predicted octanol–water partition coefficient (Wildman–Crippen LogP) is 3.79. The molecule has 3 heterocycles. The Labute approximate surface area is 183 Å². The standard InChI is InChI=1S/C24H31N3O4/c1-24(2,3)31-23(29)26-13-10-18(11-14-26)27-12-6-8-20(27)22(28)25-16-19-15-17-7-4-5-9-21(17)30-19/h4-9,12,18-19H,10-11,13-16H2,1-3H3,(H,25,28). The van der Waals surface area contributed by atoms with Crippen LogP contribution in [0.25, 0.3) is 0 Å². The lowest BCUT2D eigenvalue weighted by atomic mass is 10.0. The summed E-state index contributed by atoms with van der Waals surface area (Å²) in [5.74, 6) is 0.806. The Morgan fingerprint density at radius 2 is 1.87 bits per heavy atom. The van der Waals surface area contributed by atoms with Crippen LogP contribution in [0.1, 0.15) is 55.7 Å². The van der Waals surface area contributed by atoms with E-state index in [1.165, 1.54) is 5.56 Å². The first-order valence-corrected chi connectivity index (χ1v) is 11.0. The molecule has 7 heteroatoms. The van der Waals surface area contributed by atoms with Gasteiger partial charge in [0.15, 0.2) is 0 Å². The maximum absolute atomic E-state index is 12.9. The van der Waals surface area contributed by atoms with Crippen LogP contribution in [0.4, 0.5) is 4.79 Å². The molecule has 1 N–H and O–H groups in total. The summed E-state index contributed by atoms with van der Waals surface area (Å²) in [7, 11) is 0. The van der Waals surface area contributed by atoms with Crippen LogP contribution in [0.2, 0.25) is 0 Å². The molecule has 0 bridgehead atoms. The maximum Gasteiger partial charge on any atom is 0.410 e. The van der Waals surface area contributed by atoms with Crippen LogP contribution < -0.4 is 10.1 Å². The molecule has 2 aliphatic heterocycles. The number of likely N-dealkylation sites (tertiary alicyclic amines) is 1. The highest BCUT2D eigenvalue weighted by Crippen LogP contribution is 2.28. The Kier molecular flexibility index (Phi) is 5.94. The first-order chi connectivity index (χ1) is 14.8. The Hall–Kier alpha value is -2.96. The van der Waals surface area contributed by atoms with E-state index < -0.39 is 5.60 Å². The van der Waals surface area contributed by atoms with Crippen molar-refractivity contribution in [3.05, 3.63) is 53.9 Å². The number of hydrogen-bond acceptors (Lipinski definition) is 4. The molecule has 0 radical (unpaired) electrons. The van der Waals surface area contributed by atoms with E-state index in [9.17, 15) is 9.59 Å². The van der Waals surface area contributed by atoms with Gasteiger partial charge in [0.2, 0.25) is 0 Å². The highest BCUT2D eigenvalue weighted by atomic mass is 16.6. The molecule has 2 amide bonds. The number of fused-ring (bicyclic) bond motifs is 1. The molecule has 1 fully saturated rings. The van der Waals surface area contributed by atoms with Gasteiger partial charge in [-0.2, -0.15) is 0 Å². The van der Waals surface area contributed by atoms with Gasteiger partial charge in [-0.25, -0.2) is 4.79 Å². The topological polar surface area (TPSA) is 72.8 Å². The molecule has 7 nitrogen and oxygen atoms in total. The first-order valence-electron chi connectivity index (χ1n) is 11.0. The van der Waals surface area contributed by atoms with Crippen LogP contribution in [0, 0.1) is 0 Å². The van der Waals surface area contributed by atoms with Crippen molar-refractivity contribution in [1.82, 2.24) is 14.8 Å². The van der Waals surface area contributed by atoms with E-state index in [0.717, 1.165) is 25.0 Å². The number of rotatable bonds is 4. The number of piperidine rings is 1. The zero-order valence-corrected chi connectivity index (χ0v) is 18.5. The SMILES string of the molecule is CC(C)(C)OC(=O)N1CCC(n2cccc2C(=O)NCC2Cc3ccccc3O2)CC1. The summed E-state index contributed by atoms with van der Waals surface area (Å²) in [4.78, 5) is 26.9. The highest BCUT2D eigenvalue weighted by Gasteiger charge is 2.29. The number of ether oxygens (including phenoxy) is 2. The molecule has 0 saturated carbocycles. The normalized spacial score (nSPS) is 18.9. The van der Waals surface area contributed by atoms with Crippen LogP contribution in [0.5, 0.6) is 5.75 Å². The average molecular weight is 426 g/mol. The summed E-state index contributed by atoms with van der Waals surface area (Å²) in [6.07, 6.45) is 4.02. The van der Waals surface area contributed by atoms with Gasteiger partial charge in [-0.15, -0.1) is 0 Å². The van der Waals surface area contributed by atoms with Crippen molar-refractivity contribution in [2.24, 2.45) is 0 Å². The van der Waals surface area contributed by atoms with Gasteiger partial charge in [0.25, 0.3) is 5.91 Å². The van der Waals surface area contributed by atoms with Gasteiger partial charge in [-0.1, -0.05) is 18.2 Å². The van der Waals surface area contributed by atoms with E-state index in [-0.39, 0.29) is 24.1 Å². The van der Waals surface area contributed by atoms with Crippen LogP contribution in [-0.2, 0) is 11.2 Å². The minimum atomic E-state index is -0.496. The molecule has 31 heavy (non-hydrogen) atoms. The molecule has 0 aliphatic carbocycles. The first kappa shape index (κ1) is 21.3. The fourth-order valence-corrected chi connectivity index (χ4v) is 4.22. The van der Waals surface area contributed by atoms with Gasteiger partial charge < -0.3 is 24.3 Å². The highest BCUT2D eigenvalue weighted by molar-refractivity contribution is 5.92. The van der Waals surface area contributed by atoms with Crippen LogP contribution in [0.3, 0.4) is 0 Å². The van der Waals surface area contributed by atoms with Crippen molar-refractivity contribution >= 4 is 12.0 Å². The van der Waals surface area contributed by atoms with Crippen LogP contribution in [0.15, 0.2) is 42.6 Å². The number of nitrogens with one attached hydrogen (secondary N) is 1. The smallest absolute Gasteiger partial charge is 0.410 e. The summed E-state index contributed by atoms with van der Waals surface area (Å²) >= 11 is 0. The van der Waals surface area contributed by atoms with E-state index >= 15 is 0 Å². The fourth-order valence-electron chi connectivity index (χ4n) is 4.22. The van der Waals surface area contributed by atoms with Gasteiger partial charge in [-0.05, 0) is 57.4 Å². The van der Waals surface area contributed by atoms with Crippen molar-refractivity contribution in [3.8, 4) is 5.75 Å². The molecule has 2 aromatic rings. The molecule has 1 saturated heterocycles. The molecule has 2 aliphatic rings. The molecule has 1 aromatic heterocycles. The molecule has 0 spiro atoms. The van der Waals surface area contributed by atoms with E-state index in [2.05, 4.69) is 11.4 Å². The second-order valence-corrected chi connectivity index (χ2v) is 9.26. The van der Waals surface area contributed by atoms with E-state index in [4.69, 9.17) is 9.47 Å². The van der Waals surface area contributed by atoms with Gasteiger partial charge in [-0.3, -0.25) is 4.79 Å². The van der Waals surface area contributed by atoms with Crippen molar-refractivity contribution in [2.45, 2.75) is 57.8 Å². The number of nitrogens with zero attached hydrogens (tertiary/aromatic N) is 2. The quantitative estimate of drug-likeness (QED) is 0.809. The predicted molar refractivity (Wildman–Crippen MR) is 117 cm³/mol. The zero-order valence-electron chi connectivity index (χ0n) is 18.5. The van der Waals surface area contributed by atoms with Crippen molar-refractivity contribution in [1.29, 1.82) is 0 Å². The van der Waals surface area contributed by atoms with Crippen molar-refractivity contribution in [2.75, 3.05) is 19.6 Å². The Bertz CT molecular complexity index is 913. The summed E-state index contributed by atoms with van der Waals surface area (Å²) in [6, 6.07) is 11.9. The van der Waals surface area contributed by atoms with Gasteiger partial charge in [0, 0.05) is 31.7 Å². The minimum absolute atomic E-state index is 0.0400. The van der Waals surface area contributed by atoms with E-state index in [0.29, 0.717) is 25.3 Å². The lowest BCUT2D eigenvalue weighted by molar-refractivity contribution is 0.0187. The lowest BCUT2D eigenvalue weighted by Crippen LogP contribution is -2.42. The fraction of sp³-hybridized carbons (Fsp3) is 0.500. The third-order valence-corrected chi connectivity index (χ3v) is 5.73. The number of carbonyl (C=O) groups is 2. The van der Waals surface area contributed by atoms with Crippen LogP contribution >= 0.6 is 0 Å². The number of benzene rings is 1. The molecule has 1 unspecified atom stereocenters. The molecule has 1 aromatic carbocycles. The van der Waals surface area contributed by atoms with Crippen molar-refractivity contribution in [3.63, 3.8) is 0 Å². The summed E-state index contributed by atoms with van der Waals surface area (Å²) < 4.78 is 13.4. The molecule has 166 valence electrons. The Morgan fingerprint density at radius 1 is 1.13 bits per heavy atom. The van der Waals surface area contributed by atoms with Crippen LogP contribution in [-0.4, -0.2) is 52.8 Å². The minimum Gasteiger partial charge on any atom is -0.488 e. The maximum atomic E-state index is 12.9. The Morgan fingerprint density at radius 3 is 2.58 bits per heavy atom. The molecule has 1 atom stereocenters. The molecular weight excluding hydrogens is 394 g/mol. The lowest BCUT2D eigenvalue weighted by Gasteiger charge is -2.34. The number of carbonyl (C=O) groups excluding carboxylic acids is 2. The zero-order chi connectivity index (χ0) is 22.0. The third-order valence-electron chi connectivity index (χ3n) is 5.73. The number of amides is 2. The number of aromatic nitrogens is 1. The third kappa shape index (κ3) is 5.03. The second-order valence-electron chi connectivity index (χ2n) is 9.26. The number of para-hydroxylation sites is 1. The Balaban J connectivity index is 1.30. The van der Waals surface area contributed by atoms with E-state index in [1.54, 1.807) is 4.90 Å². The molecular formula is C24H31N3O4. The molecule has 4 rings (SSSR count). The average Bonchev–Trinajstić information content (AvgIpc) is 3.37. The monoisotopic (exact) mass is 425 g/mol. The second kappa shape index (κ2) is 8.65. The van der Waals surface area contributed by atoms with Gasteiger partial charge >= 0.3 is 6.09 Å². The van der Waals surface area contributed by atoms with Gasteiger partial charge in [0.1, 0.15) is 23.1 Å². The summed E-state index contributed by atoms with van der Waals surface area (Å²) in [5.41, 5.74) is 1.33. The summed E-state index contributed by atoms with van der Waals surface area (Å²) in [6.45, 7) is 7.32.